The van der Waals surface area contributed by atoms with E-state index in [1.165, 1.54) is 6.07 Å². The molecule has 1 aromatic rings. The molecule has 1 fully saturated rings. The van der Waals surface area contributed by atoms with E-state index in [1.54, 1.807) is 12.1 Å². The molecule has 0 aromatic heterocycles. The topological polar surface area (TPSA) is 35.5 Å². The Morgan fingerprint density at radius 1 is 1.30 bits per heavy atom. The largest absolute Gasteiger partial charge is 0.394 e. The first kappa shape index (κ1) is 15.3. The van der Waals surface area contributed by atoms with Crippen LogP contribution in [-0.4, -0.2) is 41.8 Å². The Labute approximate surface area is 120 Å². The molecule has 1 aliphatic heterocycles. The Balaban J connectivity index is 2.00. The zero-order chi connectivity index (χ0) is 14.6. The van der Waals surface area contributed by atoms with Crippen LogP contribution in [0.2, 0.25) is 0 Å². The first-order valence-electron chi connectivity index (χ1n) is 7.40. The summed E-state index contributed by atoms with van der Waals surface area (Å²) in [6, 6.07) is 6.66. The number of hydrogen-bond donors (Lipinski definition) is 2. The van der Waals surface area contributed by atoms with E-state index in [1.807, 2.05) is 6.07 Å². The lowest BCUT2D eigenvalue weighted by atomic mass is 9.87. The lowest BCUT2D eigenvalue weighted by Crippen LogP contribution is -2.52. The first-order chi connectivity index (χ1) is 9.54. The normalized spacial score (nSPS) is 19.2. The molecule has 0 spiro atoms. The minimum absolute atomic E-state index is 0.0385. The second-order valence-electron chi connectivity index (χ2n) is 6.24. The third kappa shape index (κ3) is 3.70. The summed E-state index contributed by atoms with van der Waals surface area (Å²) in [5.74, 6) is 0.390. The molecule has 3 nitrogen and oxygen atoms in total. The number of likely N-dealkylation sites (tertiary alicyclic amines) is 1. The van der Waals surface area contributed by atoms with E-state index in [0.717, 1.165) is 32.5 Å². The van der Waals surface area contributed by atoms with Gasteiger partial charge in [-0.1, -0.05) is 26.0 Å². The molecule has 1 heterocycles. The summed E-state index contributed by atoms with van der Waals surface area (Å²) in [6.45, 7) is 7.44. The molecule has 0 atom stereocenters. The van der Waals surface area contributed by atoms with Crippen molar-refractivity contribution in [3.63, 3.8) is 0 Å². The van der Waals surface area contributed by atoms with Gasteiger partial charge in [0.25, 0.3) is 0 Å². The monoisotopic (exact) mass is 280 g/mol. The molecule has 0 aliphatic carbocycles. The smallest absolute Gasteiger partial charge is 0.146 e. The van der Waals surface area contributed by atoms with Crippen LogP contribution in [0, 0.1) is 11.7 Å². The van der Waals surface area contributed by atoms with Crippen molar-refractivity contribution in [1.82, 2.24) is 4.90 Å². The van der Waals surface area contributed by atoms with Crippen molar-refractivity contribution < 1.29 is 9.50 Å². The van der Waals surface area contributed by atoms with Gasteiger partial charge in [-0.15, -0.1) is 0 Å². The van der Waals surface area contributed by atoms with Crippen LogP contribution < -0.4 is 5.32 Å². The van der Waals surface area contributed by atoms with Crippen LogP contribution in [0.5, 0.6) is 0 Å². The quantitative estimate of drug-likeness (QED) is 0.870. The lowest BCUT2D eigenvalue weighted by molar-refractivity contribution is 0.111. The number of aliphatic hydroxyl groups excluding tert-OH is 1. The fourth-order valence-corrected chi connectivity index (χ4v) is 2.85. The van der Waals surface area contributed by atoms with E-state index in [0.29, 0.717) is 11.6 Å². The summed E-state index contributed by atoms with van der Waals surface area (Å²) in [4.78, 5) is 2.42. The van der Waals surface area contributed by atoms with Crippen LogP contribution in [-0.2, 0) is 0 Å². The van der Waals surface area contributed by atoms with Gasteiger partial charge in [-0.2, -0.15) is 0 Å². The van der Waals surface area contributed by atoms with Crippen LogP contribution in [0.25, 0.3) is 0 Å². The molecule has 0 bridgehead atoms. The molecule has 0 amide bonds. The van der Waals surface area contributed by atoms with Crippen molar-refractivity contribution in [3.8, 4) is 0 Å². The molecule has 1 saturated heterocycles. The van der Waals surface area contributed by atoms with E-state index in [-0.39, 0.29) is 12.4 Å². The van der Waals surface area contributed by atoms with E-state index >= 15 is 0 Å². The average Bonchev–Trinajstić information content (AvgIpc) is 2.43. The fraction of sp³-hybridized carbons (Fsp3) is 0.625. The molecule has 2 rings (SSSR count). The number of halogens is 1. The number of anilines is 1. The number of nitrogens with one attached hydrogen (secondary N) is 1. The Kier molecular flexibility index (Phi) is 5.00. The second kappa shape index (κ2) is 6.55. The van der Waals surface area contributed by atoms with Gasteiger partial charge in [0.1, 0.15) is 5.82 Å². The van der Waals surface area contributed by atoms with Gasteiger partial charge in [-0.25, -0.2) is 4.39 Å². The molecule has 1 aliphatic rings. The highest BCUT2D eigenvalue weighted by atomic mass is 19.1. The van der Waals surface area contributed by atoms with Gasteiger partial charge >= 0.3 is 0 Å². The third-order valence-electron chi connectivity index (χ3n) is 4.01. The Morgan fingerprint density at radius 3 is 2.50 bits per heavy atom. The summed E-state index contributed by atoms with van der Waals surface area (Å²) in [7, 11) is 0. The van der Waals surface area contributed by atoms with Gasteiger partial charge in [0, 0.05) is 19.6 Å². The van der Waals surface area contributed by atoms with Crippen molar-refractivity contribution in [3.05, 3.63) is 30.1 Å². The molecular weight excluding hydrogens is 255 g/mol. The summed E-state index contributed by atoms with van der Waals surface area (Å²) in [6.07, 6.45) is 1.68. The predicted octanol–water partition coefficient (Wildman–Crippen LogP) is 2.72. The van der Waals surface area contributed by atoms with Crippen LogP contribution in [0.4, 0.5) is 10.1 Å². The Morgan fingerprint density at radius 2 is 1.95 bits per heavy atom. The number of nitrogens with zero attached hydrogens (tertiary/aromatic N) is 1. The van der Waals surface area contributed by atoms with Crippen molar-refractivity contribution in [1.29, 1.82) is 0 Å². The molecule has 0 saturated carbocycles. The van der Waals surface area contributed by atoms with E-state index < -0.39 is 5.54 Å². The Bertz CT molecular complexity index is 428. The highest BCUT2D eigenvalue weighted by molar-refractivity contribution is 5.47. The summed E-state index contributed by atoms with van der Waals surface area (Å²) >= 11 is 0. The fourth-order valence-electron chi connectivity index (χ4n) is 2.85. The SMILES string of the molecule is CC(C)CN1CCC(CO)(Nc2ccccc2F)CC1. The van der Waals surface area contributed by atoms with Gasteiger partial charge < -0.3 is 15.3 Å². The number of piperidine rings is 1. The maximum absolute atomic E-state index is 13.7. The zero-order valence-corrected chi connectivity index (χ0v) is 12.4. The molecule has 112 valence electrons. The van der Waals surface area contributed by atoms with Crippen LogP contribution >= 0.6 is 0 Å². The van der Waals surface area contributed by atoms with E-state index in [9.17, 15) is 9.50 Å². The second-order valence-corrected chi connectivity index (χ2v) is 6.24. The van der Waals surface area contributed by atoms with Crippen molar-refractivity contribution in [2.75, 3.05) is 31.6 Å². The summed E-state index contributed by atoms with van der Waals surface area (Å²) in [5, 5.41) is 13.0. The lowest BCUT2D eigenvalue weighted by Gasteiger charge is -2.42. The molecule has 0 radical (unpaired) electrons. The van der Waals surface area contributed by atoms with Crippen LogP contribution in [0.15, 0.2) is 24.3 Å². The minimum atomic E-state index is -0.393. The van der Waals surface area contributed by atoms with E-state index in [4.69, 9.17) is 0 Å². The Hall–Kier alpha value is -1.13. The van der Waals surface area contributed by atoms with Crippen LogP contribution in [0.3, 0.4) is 0 Å². The van der Waals surface area contributed by atoms with Gasteiger partial charge in [0.2, 0.25) is 0 Å². The maximum atomic E-state index is 13.7. The standard InChI is InChI=1S/C16H25FN2O/c1-13(2)11-19-9-7-16(12-20,8-10-19)18-15-6-4-3-5-14(15)17/h3-6,13,18,20H,7-12H2,1-2H3. The van der Waals surface area contributed by atoms with Crippen LogP contribution in [0.1, 0.15) is 26.7 Å². The first-order valence-corrected chi connectivity index (χ1v) is 7.40. The number of para-hydroxylation sites is 1. The number of benzene rings is 1. The third-order valence-corrected chi connectivity index (χ3v) is 4.01. The van der Waals surface area contributed by atoms with Crippen molar-refractivity contribution in [2.45, 2.75) is 32.2 Å². The van der Waals surface area contributed by atoms with Gasteiger partial charge in [0.15, 0.2) is 0 Å². The predicted molar refractivity (Wildman–Crippen MR) is 80.4 cm³/mol. The number of hydrogen-bond acceptors (Lipinski definition) is 3. The van der Waals surface area contributed by atoms with Gasteiger partial charge in [0.05, 0.1) is 17.8 Å². The molecule has 20 heavy (non-hydrogen) atoms. The average molecular weight is 280 g/mol. The molecular formula is C16H25FN2O. The molecule has 2 N–H and O–H groups in total. The minimum Gasteiger partial charge on any atom is -0.394 e. The molecule has 1 aromatic carbocycles. The van der Waals surface area contributed by atoms with Gasteiger partial charge in [-0.05, 0) is 30.9 Å². The number of aliphatic hydroxyl groups is 1. The van der Waals surface area contributed by atoms with Crippen molar-refractivity contribution in [2.24, 2.45) is 5.92 Å². The highest BCUT2D eigenvalue weighted by Gasteiger charge is 2.34. The summed E-state index contributed by atoms with van der Waals surface area (Å²) < 4.78 is 13.7. The summed E-state index contributed by atoms with van der Waals surface area (Å²) in [5.41, 5.74) is 0.0919. The van der Waals surface area contributed by atoms with Gasteiger partial charge in [-0.3, -0.25) is 0 Å². The maximum Gasteiger partial charge on any atom is 0.146 e. The molecule has 0 unspecified atom stereocenters. The number of rotatable bonds is 5. The zero-order valence-electron chi connectivity index (χ0n) is 12.4. The molecule has 4 heteroatoms. The van der Waals surface area contributed by atoms with Crippen molar-refractivity contribution >= 4 is 5.69 Å². The van der Waals surface area contributed by atoms with E-state index in [2.05, 4.69) is 24.1 Å². The highest BCUT2D eigenvalue weighted by Crippen LogP contribution is 2.28.